The van der Waals surface area contributed by atoms with Crippen molar-refractivity contribution < 1.29 is 38.1 Å². The summed E-state index contributed by atoms with van der Waals surface area (Å²) in [5.74, 6) is -3.17. The molecule has 1 heterocycles. The minimum atomic E-state index is -3.41. The molecule has 0 bridgehead atoms. The Balaban J connectivity index is 2.96. The number of carbonyl (C=O) groups is 3. The van der Waals surface area contributed by atoms with Crippen LogP contribution in [-0.2, 0) is 24.2 Å². The van der Waals surface area contributed by atoms with Gasteiger partial charge in [0, 0.05) is 64.3 Å². The van der Waals surface area contributed by atoms with E-state index >= 15 is 0 Å². The largest absolute Gasteiger partial charge is 0.480 e. The van der Waals surface area contributed by atoms with Gasteiger partial charge in [-0.05, 0) is 0 Å². The van der Waals surface area contributed by atoms with Crippen LogP contribution in [0, 0.1) is 0 Å². The number of hydrogen-bond donors (Lipinski definition) is 3. The average Bonchev–Trinajstić information content (AvgIpc) is 2.66. The molecule has 0 aromatic carbocycles. The molecular formula is C18H32N4O8S. The first-order valence-corrected chi connectivity index (χ1v) is 11.6. The van der Waals surface area contributed by atoms with E-state index in [9.17, 15) is 33.0 Å². The van der Waals surface area contributed by atoms with Crippen LogP contribution in [0.1, 0.15) is 0 Å². The van der Waals surface area contributed by atoms with E-state index in [1.807, 2.05) is 4.90 Å². The van der Waals surface area contributed by atoms with Crippen LogP contribution in [0.2, 0.25) is 0 Å². The molecule has 0 saturated carbocycles. The first kappa shape index (κ1) is 27.0. The molecule has 0 amide bonds. The lowest BCUT2D eigenvalue weighted by molar-refractivity contribution is -0.140. The summed E-state index contributed by atoms with van der Waals surface area (Å²) in [5.41, 5.74) is 0. The molecule has 0 unspecified atom stereocenters. The van der Waals surface area contributed by atoms with E-state index in [0.717, 1.165) is 5.41 Å². The van der Waals surface area contributed by atoms with Crippen LogP contribution >= 0.6 is 0 Å². The zero-order valence-electron chi connectivity index (χ0n) is 17.6. The highest BCUT2D eigenvalue weighted by molar-refractivity contribution is 7.94. The van der Waals surface area contributed by atoms with Crippen molar-refractivity contribution in [1.82, 2.24) is 19.6 Å². The van der Waals surface area contributed by atoms with E-state index < -0.39 is 27.7 Å². The summed E-state index contributed by atoms with van der Waals surface area (Å²) in [5, 5.41) is 28.4. The van der Waals surface area contributed by atoms with Crippen LogP contribution < -0.4 is 0 Å². The number of nitrogens with zero attached hydrogens (tertiary/aromatic N) is 4. The number of hydrogen-bond acceptors (Lipinski definition) is 9. The Kier molecular flexibility index (Phi) is 11.6. The average molecular weight is 465 g/mol. The minimum absolute atomic E-state index is 0.138. The molecule has 0 spiro atoms. The zero-order valence-corrected chi connectivity index (χ0v) is 18.4. The van der Waals surface area contributed by atoms with Gasteiger partial charge in [0.15, 0.2) is 9.84 Å². The summed E-state index contributed by atoms with van der Waals surface area (Å²) in [4.78, 5) is 40.5. The van der Waals surface area contributed by atoms with Crippen LogP contribution in [0.3, 0.4) is 0 Å². The summed E-state index contributed by atoms with van der Waals surface area (Å²) in [6.07, 6.45) is 0. The number of rotatable bonds is 10. The van der Waals surface area contributed by atoms with Crippen molar-refractivity contribution in [3.8, 4) is 0 Å². The van der Waals surface area contributed by atoms with Crippen molar-refractivity contribution in [2.75, 3.05) is 84.3 Å². The van der Waals surface area contributed by atoms with Crippen molar-refractivity contribution in [2.45, 2.75) is 0 Å². The van der Waals surface area contributed by atoms with Crippen molar-refractivity contribution in [1.29, 1.82) is 0 Å². The second kappa shape index (κ2) is 13.4. The van der Waals surface area contributed by atoms with Crippen LogP contribution in [0.4, 0.5) is 0 Å². The zero-order chi connectivity index (χ0) is 23.4. The van der Waals surface area contributed by atoms with Crippen molar-refractivity contribution in [3.05, 3.63) is 12.0 Å². The normalized spacial score (nSPS) is 19.2. The molecule has 3 N–H and O–H groups in total. The third kappa shape index (κ3) is 12.4. The molecule has 0 radical (unpaired) electrons. The highest BCUT2D eigenvalue weighted by Gasteiger charge is 2.20. The highest BCUT2D eigenvalue weighted by atomic mass is 32.2. The SMILES string of the molecule is C=CS(=O)(=O)CCN1CCN(CC(=O)O)CCN(CC(=O)O)CCN(CC(=O)O)CC1. The summed E-state index contributed by atoms with van der Waals surface area (Å²) in [7, 11) is -3.41. The maximum absolute atomic E-state index is 11.8. The summed E-state index contributed by atoms with van der Waals surface area (Å²) in [6.45, 7) is 5.57. The first-order valence-electron chi connectivity index (χ1n) is 9.90. The highest BCUT2D eigenvalue weighted by Crippen LogP contribution is 2.02. The van der Waals surface area contributed by atoms with E-state index in [1.54, 1.807) is 14.7 Å². The van der Waals surface area contributed by atoms with Gasteiger partial charge >= 0.3 is 17.9 Å². The Morgan fingerprint density at radius 2 is 0.968 bits per heavy atom. The van der Waals surface area contributed by atoms with E-state index in [4.69, 9.17) is 5.11 Å². The Morgan fingerprint density at radius 3 is 1.23 bits per heavy atom. The number of carboxylic acid groups (broad SMARTS) is 3. The third-order valence-electron chi connectivity index (χ3n) is 4.95. The summed E-state index contributed by atoms with van der Waals surface area (Å²) >= 11 is 0. The van der Waals surface area contributed by atoms with Gasteiger partial charge in [0.1, 0.15) is 0 Å². The van der Waals surface area contributed by atoms with Gasteiger partial charge in [-0.1, -0.05) is 6.58 Å². The van der Waals surface area contributed by atoms with E-state index in [1.165, 1.54) is 0 Å². The molecule has 1 saturated heterocycles. The lowest BCUT2D eigenvalue weighted by Gasteiger charge is -2.33. The smallest absolute Gasteiger partial charge is 0.317 e. The lowest BCUT2D eigenvalue weighted by atomic mass is 10.3. The fourth-order valence-electron chi connectivity index (χ4n) is 3.19. The maximum Gasteiger partial charge on any atom is 0.317 e. The molecule has 0 aliphatic carbocycles. The molecule has 0 aromatic rings. The van der Waals surface area contributed by atoms with Gasteiger partial charge in [-0.25, -0.2) is 8.42 Å². The second-order valence-electron chi connectivity index (χ2n) is 7.38. The van der Waals surface area contributed by atoms with Crippen LogP contribution in [0.15, 0.2) is 12.0 Å². The predicted octanol–water partition coefficient (Wildman–Crippen LogP) is -1.98. The van der Waals surface area contributed by atoms with Gasteiger partial charge < -0.3 is 15.3 Å². The maximum atomic E-state index is 11.8. The first-order chi connectivity index (χ1) is 14.5. The Hall–Kier alpha value is -2.06. The number of carboxylic acids is 3. The van der Waals surface area contributed by atoms with Crippen LogP contribution in [0.5, 0.6) is 0 Å². The molecule has 1 aliphatic heterocycles. The monoisotopic (exact) mass is 464 g/mol. The van der Waals surface area contributed by atoms with Gasteiger partial charge in [0.2, 0.25) is 0 Å². The molecule has 13 heteroatoms. The summed E-state index contributed by atoms with van der Waals surface area (Å²) in [6, 6.07) is 0. The van der Waals surface area contributed by atoms with E-state index in [-0.39, 0.29) is 31.9 Å². The topological polar surface area (TPSA) is 159 Å². The Labute approximate surface area is 182 Å². The van der Waals surface area contributed by atoms with E-state index in [2.05, 4.69) is 6.58 Å². The second-order valence-corrected chi connectivity index (χ2v) is 9.45. The van der Waals surface area contributed by atoms with Gasteiger partial charge in [-0.2, -0.15) is 0 Å². The number of aliphatic carboxylic acids is 3. The summed E-state index contributed by atoms with van der Waals surface area (Å²) < 4.78 is 23.6. The molecule has 12 nitrogen and oxygen atoms in total. The Morgan fingerprint density at radius 1 is 0.677 bits per heavy atom. The predicted molar refractivity (Wildman–Crippen MR) is 113 cm³/mol. The van der Waals surface area contributed by atoms with Gasteiger partial charge in [0.25, 0.3) is 0 Å². The van der Waals surface area contributed by atoms with Crippen LogP contribution in [0.25, 0.3) is 0 Å². The number of sulfone groups is 1. The fourth-order valence-corrected chi connectivity index (χ4v) is 3.87. The molecule has 1 rings (SSSR count). The quantitative estimate of drug-likeness (QED) is 0.327. The fraction of sp³-hybridized carbons (Fsp3) is 0.722. The molecule has 0 atom stereocenters. The third-order valence-corrected chi connectivity index (χ3v) is 6.21. The van der Waals surface area contributed by atoms with Gasteiger partial charge in [-0.15, -0.1) is 0 Å². The van der Waals surface area contributed by atoms with Crippen molar-refractivity contribution in [3.63, 3.8) is 0 Å². The van der Waals surface area contributed by atoms with Gasteiger partial charge in [-0.3, -0.25) is 34.0 Å². The standard InChI is InChI=1S/C18H32N4O8S/c1-2-31(29,30)12-11-19-3-5-20(13-16(23)24)7-9-22(15-18(27)28)10-8-21(6-4-19)14-17(25)26/h2H,1,3-15H2,(H,23,24)(H,25,26)(H,27,28). The van der Waals surface area contributed by atoms with Crippen molar-refractivity contribution >= 4 is 27.7 Å². The molecule has 1 aliphatic rings. The molecule has 178 valence electrons. The molecule has 31 heavy (non-hydrogen) atoms. The minimum Gasteiger partial charge on any atom is -0.480 e. The van der Waals surface area contributed by atoms with Gasteiger partial charge in [0.05, 0.1) is 25.4 Å². The molecule has 0 aromatic heterocycles. The molecular weight excluding hydrogens is 432 g/mol. The van der Waals surface area contributed by atoms with E-state index in [0.29, 0.717) is 52.4 Å². The van der Waals surface area contributed by atoms with Crippen LogP contribution in [-0.4, -0.2) is 146 Å². The molecule has 1 fully saturated rings. The van der Waals surface area contributed by atoms with Crippen molar-refractivity contribution in [2.24, 2.45) is 0 Å². The Bertz CT molecular complexity index is 698. The lowest BCUT2D eigenvalue weighted by Crippen LogP contribution is -2.48.